The molecule has 0 aliphatic heterocycles. The van der Waals surface area contributed by atoms with Gasteiger partial charge in [-0.3, -0.25) is 0 Å². The first-order chi connectivity index (χ1) is 13.1. The lowest BCUT2D eigenvalue weighted by molar-refractivity contribution is 0.283. The van der Waals surface area contributed by atoms with Crippen LogP contribution in [0.25, 0.3) is 16.9 Å². The Morgan fingerprint density at radius 2 is 1.93 bits per heavy atom. The van der Waals surface area contributed by atoms with Crippen molar-refractivity contribution in [2.24, 2.45) is 0 Å². The lowest BCUT2D eigenvalue weighted by Crippen LogP contribution is -2.15. The van der Waals surface area contributed by atoms with Gasteiger partial charge in [-0.05, 0) is 44.0 Å². The van der Waals surface area contributed by atoms with Crippen molar-refractivity contribution in [1.29, 1.82) is 0 Å². The standard InChI is InChI=1S/C21H23F2N3O/c1-15-6-2-3-7-18(15)21-16(13-24-10-4-5-11-27)14-26(25-21)20-9-8-17(22)12-19(20)23/h2-3,6-9,12,14,24,27H,4-5,10-11,13H2,1H3. The predicted molar refractivity (Wildman–Crippen MR) is 102 cm³/mol. The molecule has 0 saturated carbocycles. The van der Waals surface area contributed by atoms with Crippen molar-refractivity contribution >= 4 is 0 Å². The lowest BCUT2D eigenvalue weighted by Gasteiger charge is -2.07. The highest BCUT2D eigenvalue weighted by Gasteiger charge is 2.15. The first-order valence-corrected chi connectivity index (χ1v) is 9.01. The van der Waals surface area contributed by atoms with E-state index in [0.717, 1.165) is 47.8 Å². The van der Waals surface area contributed by atoms with E-state index < -0.39 is 11.6 Å². The minimum absolute atomic E-state index is 0.178. The van der Waals surface area contributed by atoms with Crippen LogP contribution < -0.4 is 5.32 Å². The molecule has 142 valence electrons. The van der Waals surface area contributed by atoms with Crippen molar-refractivity contribution in [3.05, 3.63) is 71.4 Å². The molecule has 4 nitrogen and oxygen atoms in total. The van der Waals surface area contributed by atoms with Crippen LogP contribution in [0.1, 0.15) is 24.0 Å². The first-order valence-electron chi connectivity index (χ1n) is 9.01. The van der Waals surface area contributed by atoms with Crippen LogP contribution in [0, 0.1) is 18.6 Å². The number of halogens is 2. The van der Waals surface area contributed by atoms with Gasteiger partial charge < -0.3 is 10.4 Å². The maximum atomic E-state index is 14.2. The van der Waals surface area contributed by atoms with E-state index in [1.54, 1.807) is 6.20 Å². The third-order valence-electron chi connectivity index (χ3n) is 4.42. The molecule has 0 fully saturated rings. The van der Waals surface area contributed by atoms with Crippen molar-refractivity contribution in [3.63, 3.8) is 0 Å². The van der Waals surface area contributed by atoms with Gasteiger partial charge in [0.15, 0.2) is 5.82 Å². The van der Waals surface area contributed by atoms with Gasteiger partial charge in [-0.1, -0.05) is 24.3 Å². The van der Waals surface area contributed by atoms with E-state index in [1.807, 2.05) is 31.2 Å². The second-order valence-corrected chi connectivity index (χ2v) is 6.47. The molecule has 0 atom stereocenters. The summed E-state index contributed by atoms with van der Waals surface area (Å²) in [7, 11) is 0. The fourth-order valence-corrected chi connectivity index (χ4v) is 2.98. The third-order valence-corrected chi connectivity index (χ3v) is 4.42. The maximum Gasteiger partial charge on any atom is 0.151 e. The van der Waals surface area contributed by atoms with Crippen molar-refractivity contribution in [2.75, 3.05) is 13.2 Å². The quantitative estimate of drug-likeness (QED) is 0.589. The van der Waals surface area contributed by atoms with Gasteiger partial charge in [0.05, 0.1) is 5.69 Å². The van der Waals surface area contributed by atoms with Crippen molar-refractivity contribution in [1.82, 2.24) is 15.1 Å². The lowest BCUT2D eigenvalue weighted by atomic mass is 10.0. The number of aryl methyl sites for hydroxylation is 1. The van der Waals surface area contributed by atoms with E-state index in [4.69, 9.17) is 5.11 Å². The highest BCUT2D eigenvalue weighted by atomic mass is 19.1. The van der Waals surface area contributed by atoms with Crippen molar-refractivity contribution in [3.8, 4) is 16.9 Å². The summed E-state index contributed by atoms with van der Waals surface area (Å²) in [6, 6.07) is 11.4. The number of hydrogen-bond donors (Lipinski definition) is 2. The molecule has 0 amide bonds. The molecule has 3 rings (SSSR count). The highest BCUT2D eigenvalue weighted by Crippen LogP contribution is 2.27. The molecule has 0 spiro atoms. The zero-order chi connectivity index (χ0) is 19.2. The van der Waals surface area contributed by atoms with Gasteiger partial charge in [0.25, 0.3) is 0 Å². The number of aliphatic hydroxyl groups is 1. The van der Waals surface area contributed by atoms with Crippen LogP contribution in [-0.2, 0) is 6.54 Å². The molecular formula is C21H23F2N3O. The molecule has 0 bridgehead atoms. The molecule has 3 aromatic rings. The molecule has 2 aromatic carbocycles. The van der Waals surface area contributed by atoms with E-state index in [0.29, 0.717) is 6.54 Å². The third kappa shape index (κ3) is 4.59. The van der Waals surface area contributed by atoms with E-state index >= 15 is 0 Å². The van der Waals surface area contributed by atoms with E-state index in [9.17, 15) is 8.78 Å². The molecule has 1 aromatic heterocycles. The number of rotatable bonds is 8. The van der Waals surface area contributed by atoms with Crippen LogP contribution in [-0.4, -0.2) is 28.0 Å². The summed E-state index contributed by atoms with van der Waals surface area (Å²) in [5, 5.41) is 16.8. The Labute approximate surface area is 157 Å². The van der Waals surface area contributed by atoms with Crippen molar-refractivity contribution < 1.29 is 13.9 Å². The Kier molecular flexibility index (Phi) is 6.32. The van der Waals surface area contributed by atoms with Crippen LogP contribution in [0.4, 0.5) is 8.78 Å². The molecule has 0 saturated heterocycles. The number of benzene rings is 2. The van der Waals surface area contributed by atoms with Crippen LogP contribution in [0.5, 0.6) is 0 Å². The fraction of sp³-hybridized carbons (Fsp3) is 0.286. The largest absolute Gasteiger partial charge is 0.396 e. The smallest absolute Gasteiger partial charge is 0.151 e. The average Bonchev–Trinajstić information content (AvgIpc) is 3.05. The second kappa shape index (κ2) is 8.88. The molecule has 0 radical (unpaired) electrons. The normalized spacial score (nSPS) is 11.1. The summed E-state index contributed by atoms with van der Waals surface area (Å²) in [5.41, 5.74) is 3.95. The Hall–Kier alpha value is -2.57. The molecule has 0 unspecified atom stereocenters. The highest BCUT2D eigenvalue weighted by molar-refractivity contribution is 5.66. The number of hydrogen-bond acceptors (Lipinski definition) is 3. The first kappa shape index (κ1) is 19.2. The minimum atomic E-state index is -0.656. The second-order valence-electron chi connectivity index (χ2n) is 6.47. The van der Waals surface area contributed by atoms with E-state index in [-0.39, 0.29) is 12.3 Å². The molecule has 0 aliphatic carbocycles. The van der Waals surface area contributed by atoms with Gasteiger partial charge in [-0.25, -0.2) is 13.5 Å². The topological polar surface area (TPSA) is 50.1 Å². The summed E-state index contributed by atoms with van der Waals surface area (Å²) >= 11 is 0. The van der Waals surface area contributed by atoms with Gasteiger partial charge in [-0.15, -0.1) is 0 Å². The fourth-order valence-electron chi connectivity index (χ4n) is 2.98. The SMILES string of the molecule is Cc1ccccc1-c1nn(-c2ccc(F)cc2F)cc1CNCCCCO. The number of nitrogens with one attached hydrogen (secondary N) is 1. The van der Waals surface area contributed by atoms with Crippen molar-refractivity contribution in [2.45, 2.75) is 26.3 Å². The monoisotopic (exact) mass is 371 g/mol. The van der Waals surface area contributed by atoms with Crippen LogP contribution in [0.15, 0.2) is 48.7 Å². The van der Waals surface area contributed by atoms with Crippen LogP contribution >= 0.6 is 0 Å². The summed E-state index contributed by atoms with van der Waals surface area (Å²) in [4.78, 5) is 0. The molecule has 2 N–H and O–H groups in total. The minimum Gasteiger partial charge on any atom is -0.396 e. The number of aromatic nitrogens is 2. The molecule has 27 heavy (non-hydrogen) atoms. The predicted octanol–water partition coefficient (Wildman–Crippen LogP) is 3.99. The van der Waals surface area contributed by atoms with Gasteiger partial charge >= 0.3 is 0 Å². The van der Waals surface area contributed by atoms with E-state index in [1.165, 1.54) is 16.8 Å². The molecule has 0 aliphatic rings. The molecular weight excluding hydrogens is 348 g/mol. The number of aliphatic hydroxyl groups excluding tert-OH is 1. The van der Waals surface area contributed by atoms with Gasteiger partial charge in [0, 0.05) is 36.5 Å². The maximum absolute atomic E-state index is 14.2. The Bertz CT molecular complexity index is 908. The summed E-state index contributed by atoms with van der Waals surface area (Å²) in [6.07, 6.45) is 3.39. The van der Waals surface area contributed by atoms with Crippen LogP contribution in [0.2, 0.25) is 0 Å². The van der Waals surface area contributed by atoms with Gasteiger partial charge in [0.1, 0.15) is 11.5 Å². The van der Waals surface area contributed by atoms with Gasteiger partial charge in [0.2, 0.25) is 0 Å². The summed E-state index contributed by atoms with van der Waals surface area (Å²) in [6.45, 7) is 3.52. The molecule has 1 heterocycles. The Morgan fingerprint density at radius 3 is 2.67 bits per heavy atom. The Balaban J connectivity index is 1.94. The zero-order valence-corrected chi connectivity index (χ0v) is 15.3. The average molecular weight is 371 g/mol. The number of unbranched alkanes of at least 4 members (excludes halogenated alkanes) is 1. The van der Waals surface area contributed by atoms with E-state index in [2.05, 4.69) is 10.4 Å². The molecule has 6 heteroatoms. The van der Waals surface area contributed by atoms with Gasteiger partial charge in [-0.2, -0.15) is 5.10 Å². The number of nitrogens with zero attached hydrogens (tertiary/aromatic N) is 2. The summed E-state index contributed by atoms with van der Waals surface area (Å²) in [5.74, 6) is -1.27. The van der Waals surface area contributed by atoms with Crippen LogP contribution in [0.3, 0.4) is 0 Å². The Morgan fingerprint density at radius 1 is 1.11 bits per heavy atom. The summed E-state index contributed by atoms with van der Waals surface area (Å²) < 4.78 is 28.9. The zero-order valence-electron chi connectivity index (χ0n) is 15.3.